The highest BCUT2D eigenvalue weighted by atomic mass is 32.2. The summed E-state index contributed by atoms with van der Waals surface area (Å²) in [5, 5.41) is 2.51. The molecule has 3 rings (SSSR count). The lowest BCUT2D eigenvalue weighted by Crippen LogP contribution is -2.45. The van der Waals surface area contributed by atoms with E-state index in [0.29, 0.717) is 19.3 Å². The first-order chi connectivity index (χ1) is 12.7. The zero-order valence-electron chi connectivity index (χ0n) is 15.2. The molecule has 27 heavy (non-hydrogen) atoms. The molecule has 4 atom stereocenters. The Bertz CT molecular complexity index is 739. The molecule has 0 unspecified atom stereocenters. The van der Waals surface area contributed by atoms with Gasteiger partial charge < -0.3 is 10.1 Å². The van der Waals surface area contributed by atoms with Gasteiger partial charge in [-0.15, -0.1) is 0 Å². The standard InChI is InChI=1S/C17H24N2O7S/c1-10(19-15(21)12-4-2-3-5-13(12)16(19)22)17(23)26-8-14(20)18-11-6-7-27(24,25)9-11/h10-13H,2-9H2,1H3,(H,18,20)/t10-,11+,12-,13+/m0/s1. The van der Waals surface area contributed by atoms with Crippen LogP contribution in [0.2, 0.25) is 0 Å². The molecule has 3 aliphatic rings. The summed E-state index contributed by atoms with van der Waals surface area (Å²) in [4.78, 5) is 50.0. The molecule has 1 aliphatic carbocycles. The van der Waals surface area contributed by atoms with Crippen molar-refractivity contribution in [2.45, 2.75) is 51.1 Å². The van der Waals surface area contributed by atoms with Crippen molar-refractivity contribution in [1.82, 2.24) is 10.2 Å². The molecule has 2 saturated heterocycles. The SMILES string of the molecule is C[C@@H](C(=O)OCC(=O)N[C@@H]1CCS(=O)(=O)C1)N1C(=O)[C@H]2CCCC[C@H]2C1=O. The smallest absolute Gasteiger partial charge is 0.329 e. The maximum Gasteiger partial charge on any atom is 0.329 e. The molecule has 150 valence electrons. The van der Waals surface area contributed by atoms with E-state index in [-0.39, 0.29) is 35.2 Å². The van der Waals surface area contributed by atoms with E-state index < -0.39 is 40.4 Å². The lowest BCUT2D eigenvalue weighted by atomic mass is 9.81. The van der Waals surface area contributed by atoms with E-state index in [1.165, 1.54) is 6.92 Å². The second-order valence-electron chi connectivity index (χ2n) is 7.50. The summed E-state index contributed by atoms with van der Waals surface area (Å²) in [6.07, 6.45) is 3.42. The average Bonchev–Trinajstić information content (AvgIpc) is 3.09. The Labute approximate surface area is 157 Å². The molecule has 2 aliphatic heterocycles. The van der Waals surface area contributed by atoms with Crippen LogP contribution >= 0.6 is 0 Å². The maximum atomic E-state index is 12.5. The van der Waals surface area contributed by atoms with Crippen LogP contribution in [-0.4, -0.2) is 67.2 Å². The number of nitrogens with zero attached hydrogens (tertiary/aromatic N) is 1. The predicted octanol–water partition coefficient (Wildman–Crippen LogP) is -0.603. The number of hydrogen-bond acceptors (Lipinski definition) is 7. The molecule has 10 heteroatoms. The number of imide groups is 1. The first kappa shape index (κ1) is 19.8. The zero-order chi connectivity index (χ0) is 19.8. The first-order valence-corrected chi connectivity index (χ1v) is 11.0. The molecule has 0 aromatic heterocycles. The Morgan fingerprint density at radius 1 is 1.15 bits per heavy atom. The third kappa shape index (κ3) is 4.15. The molecule has 0 aromatic rings. The molecule has 1 saturated carbocycles. The van der Waals surface area contributed by atoms with E-state index in [2.05, 4.69) is 5.32 Å². The van der Waals surface area contributed by atoms with Crippen molar-refractivity contribution >= 4 is 33.5 Å². The van der Waals surface area contributed by atoms with E-state index in [1.807, 2.05) is 0 Å². The number of sulfone groups is 1. The number of likely N-dealkylation sites (tertiary alicyclic amines) is 1. The largest absolute Gasteiger partial charge is 0.454 e. The minimum Gasteiger partial charge on any atom is -0.454 e. The molecule has 9 nitrogen and oxygen atoms in total. The van der Waals surface area contributed by atoms with Crippen molar-refractivity contribution in [3.63, 3.8) is 0 Å². The summed E-state index contributed by atoms with van der Waals surface area (Å²) in [6, 6.07) is -1.57. The average molecular weight is 400 g/mol. The molecular formula is C17H24N2O7S. The fourth-order valence-electron chi connectivity index (χ4n) is 4.11. The van der Waals surface area contributed by atoms with Crippen LogP contribution in [0, 0.1) is 11.8 Å². The topological polar surface area (TPSA) is 127 Å². The summed E-state index contributed by atoms with van der Waals surface area (Å²) in [6.45, 7) is 0.833. The highest BCUT2D eigenvalue weighted by Crippen LogP contribution is 2.38. The number of rotatable bonds is 5. The molecule has 0 bridgehead atoms. The normalized spacial score (nSPS) is 30.7. The number of carbonyl (C=O) groups excluding carboxylic acids is 4. The zero-order valence-corrected chi connectivity index (χ0v) is 16.0. The Morgan fingerprint density at radius 3 is 2.26 bits per heavy atom. The fourth-order valence-corrected chi connectivity index (χ4v) is 5.78. The summed E-state index contributed by atoms with van der Waals surface area (Å²) in [5.74, 6) is -2.92. The number of carbonyl (C=O) groups is 4. The van der Waals surface area contributed by atoms with E-state index >= 15 is 0 Å². The van der Waals surface area contributed by atoms with Gasteiger partial charge in [-0.2, -0.15) is 0 Å². The summed E-state index contributed by atoms with van der Waals surface area (Å²) in [7, 11) is -3.12. The lowest BCUT2D eigenvalue weighted by Gasteiger charge is -2.21. The fraction of sp³-hybridized carbons (Fsp3) is 0.765. The number of fused-ring (bicyclic) bond motifs is 1. The summed E-state index contributed by atoms with van der Waals surface area (Å²) in [5.41, 5.74) is 0. The van der Waals surface area contributed by atoms with Gasteiger partial charge in [0.1, 0.15) is 6.04 Å². The van der Waals surface area contributed by atoms with E-state index in [9.17, 15) is 27.6 Å². The second kappa shape index (κ2) is 7.57. The van der Waals surface area contributed by atoms with Gasteiger partial charge >= 0.3 is 5.97 Å². The van der Waals surface area contributed by atoms with Crippen LogP contribution in [0.1, 0.15) is 39.0 Å². The van der Waals surface area contributed by atoms with Crippen LogP contribution in [0.3, 0.4) is 0 Å². The number of ether oxygens (including phenoxy) is 1. The Kier molecular flexibility index (Phi) is 5.55. The van der Waals surface area contributed by atoms with Gasteiger partial charge in [0.05, 0.1) is 23.3 Å². The Balaban J connectivity index is 1.51. The van der Waals surface area contributed by atoms with Crippen molar-refractivity contribution in [3.05, 3.63) is 0 Å². The van der Waals surface area contributed by atoms with Gasteiger partial charge in [0, 0.05) is 6.04 Å². The van der Waals surface area contributed by atoms with Gasteiger partial charge in [0.15, 0.2) is 16.4 Å². The van der Waals surface area contributed by atoms with Crippen molar-refractivity contribution in [2.24, 2.45) is 11.8 Å². The van der Waals surface area contributed by atoms with Crippen LogP contribution in [0.4, 0.5) is 0 Å². The highest BCUT2D eigenvalue weighted by molar-refractivity contribution is 7.91. The number of amides is 3. The monoisotopic (exact) mass is 400 g/mol. The van der Waals surface area contributed by atoms with Gasteiger partial charge in [0.25, 0.3) is 5.91 Å². The molecule has 1 N–H and O–H groups in total. The molecule has 2 heterocycles. The van der Waals surface area contributed by atoms with Crippen LogP contribution < -0.4 is 5.32 Å². The molecular weight excluding hydrogens is 376 g/mol. The van der Waals surface area contributed by atoms with E-state index in [1.54, 1.807) is 0 Å². The number of nitrogens with one attached hydrogen (secondary N) is 1. The maximum absolute atomic E-state index is 12.5. The first-order valence-electron chi connectivity index (χ1n) is 9.23. The summed E-state index contributed by atoms with van der Waals surface area (Å²) >= 11 is 0. The molecule has 3 amide bonds. The van der Waals surface area contributed by atoms with E-state index in [4.69, 9.17) is 4.74 Å². The third-order valence-electron chi connectivity index (χ3n) is 5.55. The van der Waals surface area contributed by atoms with E-state index in [0.717, 1.165) is 17.7 Å². The van der Waals surface area contributed by atoms with Gasteiger partial charge in [-0.3, -0.25) is 19.3 Å². The van der Waals surface area contributed by atoms with Gasteiger partial charge in [-0.05, 0) is 26.2 Å². The van der Waals surface area contributed by atoms with Gasteiger partial charge in [-0.25, -0.2) is 13.2 Å². The van der Waals surface area contributed by atoms with Crippen molar-refractivity contribution < 1.29 is 32.3 Å². The van der Waals surface area contributed by atoms with Crippen LogP contribution in [0.25, 0.3) is 0 Å². The quantitative estimate of drug-likeness (QED) is 0.482. The van der Waals surface area contributed by atoms with Crippen molar-refractivity contribution in [2.75, 3.05) is 18.1 Å². The van der Waals surface area contributed by atoms with Crippen LogP contribution in [0.5, 0.6) is 0 Å². The van der Waals surface area contributed by atoms with Crippen LogP contribution in [-0.2, 0) is 33.8 Å². The second-order valence-corrected chi connectivity index (χ2v) is 9.72. The van der Waals surface area contributed by atoms with Gasteiger partial charge in [-0.1, -0.05) is 12.8 Å². The number of esters is 1. The molecule has 3 fully saturated rings. The molecule has 0 radical (unpaired) electrons. The van der Waals surface area contributed by atoms with Crippen LogP contribution in [0.15, 0.2) is 0 Å². The van der Waals surface area contributed by atoms with Crippen molar-refractivity contribution in [1.29, 1.82) is 0 Å². The minimum absolute atomic E-state index is 0.0241. The number of hydrogen-bond donors (Lipinski definition) is 1. The third-order valence-corrected chi connectivity index (χ3v) is 7.31. The molecule has 0 spiro atoms. The minimum atomic E-state index is -3.12. The predicted molar refractivity (Wildman–Crippen MR) is 92.9 cm³/mol. The Hall–Kier alpha value is -1.97. The Morgan fingerprint density at radius 2 is 1.74 bits per heavy atom. The highest BCUT2D eigenvalue weighted by Gasteiger charge is 2.51. The molecule has 0 aromatic carbocycles. The van der Waals surface area contributed by atoms with Gasteiger partial charge in [0.2, 0.25) is 11.8 Å². The summed E-state index contributed by atoms with van der Waals surface area (Å²) < 4.78 is 27.7. The lowest BCUT2D eigenvalue weighted by molar-refractivity contribution is -0.159. The van der Waals surface area contributed by atoms with Crippen molar-refractivity contribution in [3.8, 4) is 0 Å².